The van der Waals surface area contributed by atoms with Crippen LogP contribution >= 0.6 is 11.8 Å². The van der Waals surface area contributed by atoms with E-state index in [1.807, 2.05) is 39.5 Å². The van der Waals surface area contributed by atoms with Crippen LogP contribution in [0.5, 0.6) is 0 Å². The highest BCUT2D eigenvalue weighted by molar-refractivity contribution is 7.99. The van der Waals surface area contributed by atoms with Crippen LogP contribution in [-0.4, -0.2) is 55.4 Å². The number of nitrogens with one attached hydrogen (secondary N) is 1. The Morgan fingerprint density at radius 3 is 2.69 bits per heavy atom. The van der Waals surface area contributed by atoms with Crippen LogP contribution in [0.1, 0.15) is 79.6 Å². The van der Waals surface area contributed by atoms with Gasteiger partial charge in [-0.2, -0.15) is 5.10 Å². The Labute approximate surface area is 178 Å². The Morgan fingerprint density at radius 1 is 1.34 bits per heavy atom. The first-order valence-corrected chi connectivity index (χ1v) is 11.8. The summed E-state index contributed by atoms with van der Waals surface area (Å²) in [7, 11) is 0. The molecule has 0 bridgehead atoms. The van der Waals surface area contributed by atoms with Gasteiger partial charge in [0.05, 0.1) is 12.1 Å². The number of hydrogen-bond donors (Lipinski definition) is 1. The van der Waals surface area contributed by atoms with E-state index in [4.69, 9.17) is 9.47 Å². The zero-order chi connectivity index (χ0) is 21.1. The summed E-state index contributed by atoms with van der Waals surface area (Å²) in [5, 5.41) is 7.60. The molecule has 164 valence electrons. The van der Waals surface area contributed by atoms with Crippen LogP contribution < -0.4 is 0 Å². The summed E-state index contributed by atoms with van der Waals surface area (Å²) < 4.78 is 12.2. The van der Waals surface area contributed by atoms with E-state index in [1.165, 1.54) is 38.4 Å². The van der Waals surface area contributed by atoms with Gasteiger partial charge in [-0.25, -0.2) is 9.78 Å². The van der Waals surface area contributed by atoms with Gasteiger partial charge < -0.3 is 9.47 Å². The maximum absolute atomic E-state index is 13.1. The molecule has 1 aliphatic heterocycles. The quantitative estimate of drug-likeness (QED) is 0.648. The van der Waals surface area contributed by atoms with Gasteiger partial charge >= 0.3 is 6.09 Å². The van der Waals surface area contributed by atoms with E-state index < -0.39 is 11.3 Å². The van der Waals surface area contributed by atoms with Crippen molar-refractivity contribution in [3.63, 3.8) is 0 Å². The lowest BCUT2D eigenvalue weighted by molar-refractivity contribution is -0.0790. The molecular weight excluding hydrogens is 388 g/mol. The van der Waals surface area contributed by atoms with Gasteiger partial charge in [-0.15, -0.1) is 0 Å². The van der Waals surface area contributed by atoms with E-state index in [0.29, 0.717) is 5.92 Å². The summed E-state index contributed by atoms with van der Waals surface area (Å²) in [5.41, 5.74) is -1.20. The topological polar surface area (TPSA) is 80.3 Å². The zero-order valence-electron chi connectivity index (χ0n) is 18.4. The van der Waals surface area contributed by atoms with Crippen LogP contribution in [0.3, 0.4) is 0 Å². The van der Waals surface area contributed by atoms with Gasteiger partial charge in [-0.1, -0.05) is 43.9 Å². The molecule has 29 heavy (non-hydrogen) atoms. The van der Waals surface area contributed by atoms with Crippen LogP contribution in [-0.2, 0) is 9.47 Å². The summed E-state index contributed by atoms with van der Waals surface area (Å²) in [6.07, 6.45) is 9.50. The molecule has 2 aliphatic rings. The second-order valence-electron chi connectivity index (χ2n) is 9.69. The molecule has 1 saturated heterocycles. The summed E-state index contributed by atoms with van der Waals surface area (Å²) >= 11 is 1.64. The van der Waals surface area contributed by atoms with Crippen LogP contribution in [0.25, 0.3) is 0 Å². The van der Waals surface area contributed by atoms with E-state index in [1.54, 1.807) is 11.8 Å². The molecule has 1 aliphatic carbocycles. The molecule has 2 heterocycles. The smallest absolute Gasteiger partial charge is 0.412 e. The van der Waals surface area contributed by atoms with Gasteiger partial charge in [-0.3, -0.25) is 10.00 Å². The summed E-state index contributed by atoms with van der Waals surface area (Å²) in [6.45, 7) is 9.70. The van der Waals surface area contributed by atoms with Crippen LogP contribution in [0.4, 0.5) is 4.79 Å². The normalized spacial score (nSPS) is 25.3. The average molecular weight is 425 g/mol. The van der Waals surface area contributed by atoms with Crippen molar-refractivity contribution >= 4 is 17.9 Å². The fourth-order valence-corrected chi connectivity index (χ4v) is 5.33. The van der Waals surface area contributed by atoms with Gasteiger partial charge in [0.25, 0.3) is 0 Å². The minimum atomic E-state index is -0.677. The van der Waals surface area contributed by atoms with Crippen molar-refractivity contribution in [3.05, 3.63) is 6.33 Å². The van der Waals surface area contributed by atoms with Crippen molar-refractivity contribution in [2.24, 2.45) is 5.92 Å². The van der Waals surface area contributed by atoms with Gasteiger partial charge in [0, 0.05) is 5.75 Å². The SMILES string of the molecule is CC(C)(C)OC(=O)N1[C@@H](CC2CCCCC2)[C@H](CCSc2ncn[nH]2)OC1(C)C. The number of thioether (sulfide) groups is 1. The number of H-pyrrole nitrogens is 1. The summed E-state index contributed by atoms with van der Waals surface area (Å²) in [6, 6.07) is 0.0401. The lowest BCUT2D eigenvalue weighted by Crippen LogP contribution is -2.50. The molecule has 1 saturated carbocycles. The highest BCUT2D eigenvalue weighted by Crippen LogP contribution is 2.40. The van der Waals surface area contributed by atoms with Crippen LogP contribution in [0, 0.1) is 5.92 Å². The first kappa shape index (κ1) is 22.4. The molecule has 0 radical (unpaired) electrons. The van der Waals surface area contributed by atoms with Gasteiger partial charge in [-0.05, 0) is 53.4 Å². The molecule has 3 rings (SSSR count). The number of amides is 1. The molecule has 8 heteroatoms. The number of carbonyl (C=O) groups excluding carboxylic acids is 1. The molecule has 7 nitrogen and oxygen atoms in total. The number of rotatable bonds is 6. The minimum absolute atomic E-state index is 0.00475. The fourth-order valence-electron chi connectivity index (χ4n) is 4.55. The van der Waals surface area contributed by atoms with Crippen molar-refractivity contribution in [1.29, 1.82) is 0 Å². The standard InChI is InChI=1S/C21H36N4O3S/c1-20(2,3)28-19(26)25-16(13-15-9-7-6-8-10-15)17(27-21(25,4)5)11-12-29-18-22-14-23-24-18/h14-17H,6-13H2,1-5H3,(H,22,23,24)/t16-,17-/m0/s1. The average Bonchev–Trinajstić information content (AvgIpc) is 3.20. The van der Waals surface area contributed by atoms with Crippen molar-refractivity contribution in [2.75, 3.05) is 5.75 Å². The summed E-state index contributed by atoms with van der Waals surface area (Å²) in [5.74, 6) is 1.51. The largest absolute Gasteiger partial charge is 0.444 e. The van der Waals surface area contributed by atoms with Crippen molar-refractivity contribution in [3.8, 4) is 0 Å². The van der Waals surface area contributed by atoms with E-state index in [2.05, 4.69) is 15.2 Å². The number of nitrogens with zero attached hydrogens (tertiary/aromatic N) is 3. The molecule has 1 aromatic heterocycles. The highest BCUT2D eigenvalue weighted by atomic mass is 32.2. The predicted molar refractivity (Wildman–Crippen MR) is 114 cm³/mol. The van der Waals surface area contributed by atoms with E-state index >= 15 is 0 Å². The number of aromatic amines is 1. The molecule has 2 fully saturated rings. The first-order valence-electron chi connectivity index (χ1n) is 10.8. The Hall–Kier alpha value is -1.28. The first-order chi connectivity index (χ1) is 13.7. The summed E-state index contributed by atoms with van der Waals surface area (Å²) in [4.78, 5) is 19.2. The van der Waals surface area contributed by atoms with Gasteiger partial charge in [0.1, 0.15) is 17.7 Å². The Morgan fingerprint density at radius 2 is 2.07 bits per heavy atom. The molecule has 1 N–H and O–H groups in total. The number of carbonyl (C=O) groups is 1. The van der Waals surface area contributed by atoms with E-state index in [0.717, 1.165) is 23.8 Å². The Bertz CT molecular complexity index is 653. The molecule has 1 amide bonds. The van der Waals surface area contributed by atoms with Gasteiger partial charge in [0.2, 0.25) is 0 Å². The number of aromatic nitrogens is 3. The lowest BCUT2D eigenvalue weighted by atomic mass is 9.83. The third kappa shape index (κ3) is 6.10. The Balaban J connectivity index is 1.72. The van der Waals surface area contributed by atoms with Crippen LogP contribution in [0.15, 0.2) is 11.5 Å². The maximum atomic E-state index is 13.1. The van der Waals surface area contributed by atoms with Crippen molar-refractivity contribution < 1.29 is 14.3 Å². The van der Waals surface area contributed by atoms with E-state index in [9.17, 15) is 4.79 Å². The lowest BCUT2D eigenvalue weighted by Gasteiger charge is -2.37. The third-order valence-corrected chi connectivity index (χ3v) is 6.61. The van der Waals surface area contributed by atoms with E-state index in [-0.39, 0.29) is 18.2 Å². The molecule has 0 spiro atoms. The van der Waals surface area contributed by atoms with Crippen LogP contribution in [0.2, 0.25) is 0 Å². The maximum Gasteiger partial charge on any atom is 0.412 e. The molecule has 1 aromatic rings. The van der Waals surface area contributed by atoms with Crippen molar-refractivity contribution in [1.82, 2.24) is 20.1 Å². The monoisotopic (exact) mass is 424 g/mol. The number of ether oxygens (including phenoxy) is 2. The highest BCUT2D eigenvalue weighted by Gasteiger charge is 2.51. The predicted octanol–water partition coefficient (Wildman–Crippen LogP) is 5.00. The molecular formula is C21H36N4O3S. The fraction of sp³-hybridized carbons (Fsp3) is 0.857. The molecule has 0 aromatic carbocycles. The second kappa shape index (κ2) is 9.25. The Kier molecular flexibility index (Phi) is 7.14. The molecule has 2 atom stereocenters. The zero-order valence-corrected chi connectivity index (χ0v) is 19.3. The van der Waals surface area contributed by atoms with Gasteiger partial charge in [0.15, 0.2) is 5.16 Å². The minimum Gasteiger partial charge on any atom is -0.444 e. The number of hydrogen-bond acceptors (Lipinski definition) is 6. The third-order valence-electron chi connectivity index (χ3n) is 5.70. The second-order valence-corrected chi connectivity index (χ2v) is 10.8. The van der Waals surface area contributed by atoms with Crippen molar-refractivity contribution in [2.45, 2.75) is 108 Å². The molecule has 0 unspecified atom stereocenters.